The molecule has 0 radical (unpaired) electrons. The van der Waals surface area contributed by atoms with Crippen molar-refractivity contribution in [3.05, 3.63) is 0 Å². The Labute approximate surface area is 92.3 Å². The highest BCUT2D eigenvalue weighted by atomic mass is 16.5. The third-order valence-electron chi connectivity index (χ3n) is 2.50. The van der Waals surface area contributed by atoms with Crippen molar-refractivity contribution < 1.29 is 14.3 Å². The third kappa shape index (κ3) is 5.62. The van der Waals surface area contributed by atoms with Gasteiger partial charge in [-0.05, 0) is 25.7 Å². The van der Waals surface area contributed by atoms with E-state index in [0.29, 0.717) is 5.92 Å². The molecule has 1 saturated heterocycles. The van der Waals surface area contributed by atoms with Gasteiger partial charge < -0.3 is 14.8 Å². The molecule has 0 aromatic rings. The van der Waals surface area contributed by atoms with Crippen LogP contribution >= 0.6 is 0 Å². The van der Waals surface area contributed by atoms with E-state index in [1.807, 2.05) is 20.8 Å². The Morgan fingerprint density at radius 1 is 1.40 bits per heavy atom. The Balaban J connectivity index is 0.000000921. The summed E-state index contributed by atoms with van der Waals surface area (Å²) in [4.78, 5) is 10.9. The largest absolute Gasteiger partial charge is 0.453 e. The van der Waals surface area contributed by atoms with Gasteiger partial charge in [-0.3, -0.25) is 0 Å². The predicted octanol–water partition coefficient (Wildman–Crippen LogP) is 2.18. The molecule has 15 heavy (non-hydrogen) atoms. The van der Waals surface area contributed by atoms with Gasteiger partial charge in [0.05, 0.1) is 7.11 Å². The Kier molecular flexibility index (Phi) is 8.09. The van der Waals surface area contributed by atoms with Gasteiger partial charge in [0.15, 0.2) is 0 Å². The summed E-state index contributed by atoms with van der Waals surface area (Å²) in [6, 6.07) is 0.177. The van der Waals surface area contributed by atoms with E-state index in [1.165, 1.54) is 7.11 Å². The smallest absolute Gasteiger partial charge is 0.407 e. The van der Waals surface area contributed by atoms with Gasteiger partial charge in [0.1, 0.15) is 0 Å². The van der Waals surface area contributed by atoms with Crippen LogP contribution in [0.15, 0.2) is 0 Å². The van der Waals surface area contributed by atoms with Gasteiger partial charge in [-0.15, -0.1) is 0 Å². The lowest BCUT2D eigenvalue weighted by Crippen LogP contribution is -2.40. The van der Waals surface area contributed by atoms with Gasteiger partial charge in [-0.1, -0.05) is 13.8 Å². The number of nitrogens with one attached hydrogen (secondary N) is 1. The molecule has 1 heterocycles. The average Bonchev–Trinajstić information content (AvgIpc) is 2.32. The van der Waals surface area contributed by atoms with E-state index in [4.69, 9.17) is 4.74 Å². The lowest BCUT2D eigenvalue weighted by Gasteiger charge is -2.27. The number of ether oxygens (including phenoxy) is 2. The monoisotopic (exact) mass is 217 g/mol. The van der Waals surface area contributed by atoms with Gasteiger partial charge in [-0.2, -0.15) is 0 Å². The summed E-state index contributed by atoms with van der Waals surface area (Å²) >= 11 is 0. The van der Waals surface area contributed by atoms with E-state index >= 15 is 0 Å². The first-order valence-corrected chi connectivity index (χ1v) is 5.66. The zero-order valence-corrected chi connectivity index (χ0v) is 10.2. The third-order valence-corrected chi connectivity index (χ3v) is 2.50. The second-order valence-corrected chi connectivity index (χ2v) is 3.37. The summed E-state index contributed by atoms with van der Waals surface area (Å²) in [7, 11) is 1.38. The van der Waals surface area contributed by atoms with Crippen LogP contribution in [0.5, 0.6) is 0 Å². The SMILES string of the molecule is CC.COC(=O)NC(C)C1CCOCC1. The van der Waals surface area contributed by atoms with Crippen LogP contribution in [0, 0.1) is 5.92 Å². The Morgan fingerprint density at radius 3 is 2.40 bits per heavy atom. The standard InChI is InChI=1S/C9H17NO3.C2H6/c1-7(10-9(11)12-2)8-3-5-13-6-4-8;1-2/h7-8H,3-6H2,1-2H3,(H,10,11);1-2H3. The first kappa shape index (κ1) is 14.2. The van der Waals surface area contributed by atoms with E-state index in [-0.39, 0.29) is 12.1 Å². The van der Waals surface area contributed by atoms with Crippen molar-refractivity contribution in [1.82, 2.24) is 5.32 Å². The maximum absolute atomic E-state index is 10.9. The van der Waals surface area contributed by atoms with Crippen LogP contribution in [0.2, 0.25) is 0 Å². The van der Waals surface area contributed by atoms with Crippen molar-refractivity contribution in [2.24, 2.45) is 5.92 Å². The molecule has 1 aliphatic rings. The fourth-order valence-electron chi connectivity index (χ4n) is 1.58. The number of rotatable bonds is 2. The summed E-state index contributed by atoms with van der Waals surface area (Å²) in [6.45, 7) is 7.61. The van der Waals surface area contributed by atoms with Gasteiger partial charge in [0.2, 0.25) is 0 Å². The molecule has 4 heteroatoms. The first-order valence-electron chi connectivity index (χ1n) is 5.66. The zero-order valence-electron chi connectivity index (χ0n) is 10.2. The molecule has 1 amide bonds. The van der Waals surface area contributed by atoms with Crippen molar-refractivity contribution in [2.75, 3.05) is 20.3 Å². The fraction of sp³-hybridized carbons (Fsp3) is 0.909. The number of alkyl carbamates (subject to hydrolysis) is 1. The summed E-state index contributed by atoms with van der Waals surface area (Å²) in [6.07, 6.45) is 1.69. The Hall–Kier alpha value is -0.770. The van der Waals surface area contributed by atoms with Crippen molar-refractivity contribution in [3.8, 4) is 0 Å². The molecule has 1 rings (SSSR count). The lowest BCUT2D eigenvalue weighted by atomic mass is 9.93. The number of hydrogen-bond acceptors (Lipinski definition) is 3. The number of carbonyl (C=O) groups excluding carboxylic acids is 1. The molecule has 1 unspecified atom stereocenters. The average molecular weight is 217 g/mol. The van der Waals surface area contributed by atoms with Crippen molar-refractivity contribution in [3.63, 3.8) is 0 Å². The van der Waals surface area contributed by atoms with E-state index in [0.717, 1.165) is 26.1 Å². The summed E-state index contributed by atoms with van der Waals surface area (Å²) in [5.41, 5.74) is 0. The number of hydrogen-bond donors (Lipinski definition) is 1. The quantitative estimate of drug-likeness (QED) is 0.771. The van der Waals surface area contributed by atoms with Gasteiger partial charge in [0.25, 0.3) is 0 Å². The van der Waals surface area contributed by atoms with Gasteiger partial charge in [-0.25, -0.2) is 4.79 Å². The molecule has 1 fully saturated rings. The molecule has 1 aliphatic heterocycles. The van der Waals surface area contributed by atoms with Gasteiger partial charge >= 0.3 is 6.09 Å². The van der Waals surface area contributed by atoms with Gasteiger partial charge in [0, 0.05) is 19.3 Å². The Morgan fingerprint density at radius 2 is 1.93 bits per heavy atom. The van der Waals surface area contributed by atoms with Crippen molar-refractivity contribution >= 4 is 6.09 Å². The molecule has 4 nitrogen and oxygen atoms in total. The molecule has 0 aromatic carbocycles. The molecule has 0 spiro atoms. The summed E-state index contributed by atoms with van der Waals surface area (Å²) in [5.74, 6) is 0.521. The van der Waals surface area contributed by atoms with Crippen LogP contribution < -0.4 is 5.32 Å². The summed E-state index contributed by atoms with van der Waals surface area (Å²) < 4.78 is 9.77. The van der Waals surface area contributed by atoms with Crippen molar-refractivity contribution in [1.29, 1.82) is 0 Å². The maximum atomic E-state index is 10.9. The van der Waals surface area contributed by atoms with Crippen LogP contribution in [0.4, 0.5) is 4.79 Å². The van der Waals surface area contributed by atoms with E-state index in [9.17, 15) is 4.79 Å². The number of carbonyl (C=O) groups is 1. The molecule has 0 bridgehead atoms. The molecule has 90 valence electrons. The normalized spacial score (nSPS) is 18.4. The van der Waals surface area contributed by atoms with Crippen LogP contribution in [-0.4, -0.2) is 32.5 Å². The minimum Gasteiger partial charge on any atom is -0.453 e. The molecule has 0 saturated carbocycles. The van der Waals surface area contributed by atoms with E-state index in [1.54, 1.807) is 0 Å². The highest BCUT2D eigenvalue weighted by molar-refractivity contribution is 5.67. The number of methoxy groups -OCH3 is 1. The molecule has 1 N–H and O–H groups in total. The lowest BCUT2D eigenvalue weighted by molar-refractivity contribution is 0.0552. The minimum atomic E-state index is -0.348. The second-order valence-electron chi connectivity index (χ2n) is 3.37. The van der Waals surface area contributed by atoms with E-state index < -0.39 is 0 Å². The molecular weight excluding hydrogens is 194 g/mol. The van der Waals surface area contributed by atoms with Crippen LogP contribution in [0.3, 0.4) is 0 Å². The highest BCUT2D eigenvalue weighted by Gasteiger charge is 2.21. The van der Waals surface area contributed by atoms with E-state index in [2.05, 4.69) is 10.1 Å². The first-order chi connectivity index (χ1) is 7.24. The fourth-order valence-corrected chi connectivity index (χ4v) is 1.58. The van der Waals surface area contributed by atoms with Crippen molar-refractivity contribution in [2.45, 2.75) is 39.7 Å². The minimum absolute atomic E-state index is 0.177. The van der Waals surface area contributed by atoms with Crippen LogP contribution in [0.1, 0.15) is 33.6 Å². The molecule has 0 aromatic heterocycles. The maximum Gasteiger partial charge on any atom is 0.407 e. The predicted molar refractivity (Wildman–Crippen MR) is 59.9 cm³/mol. The number of amides is 1. The van der Waals surface area contributed by atoms with Crippen LogP contribution in [-0.2, 0) is 9.47 Å². The highest BCUT2D eigenvalue weighted by Crippen LogP contribution is 2.18. The molecule has 1 atom stereocenters. The topological polar surface area (TPSA) is 47.6 Å². The molecule has 0 aliphatic carbocycles. The molecular formula is C11H23NO3. The summed E-state index contributed by atoms with van der Waals surface area (Å²) in [5, 5.41) is 2.78. The second kappa shape index (κ2) is 8.53. The van der Waals surface area contributed by atoms with Crippen LogP contribution in [0.25, 0.3) is 0 Å². The zero-order chi connectivity index (χ0) is 11.7. The Bertz CT molecular complexity index is 167.